The fourth-order valence-electron chi connectivity index (χ4n) is 0.618. The average Bonchev–Trinajstić information content (AvgIpc) is 1.88. The molecule has 0 saturated heterocycles. The van der Waals surface area contributed by atoms with Gasteiger partial charge in [-0.3, -0.25) is 4.98 Å². The molecule has 2 radical (unpaired) electrons. The van der Waals surface area contributed by atoms with Crippen LogP contribution in [0.5, 0.6) is 0 Å². The van der Waals surface area contributed by atoms with Crippen LogP contribution in [0.15, 0.2) is 18.5 Å². The molecule has 0 aliphatic rings. The summed E-state index contributed by atoms with van der Waals surface area (Å²) in [5, 5.41) is 17.2. The third-order valence-electron chi connectivity index (χ3n) is 1.08. The van der Waals surface area contributed by atoms with E-state index < -0.39 is 7.12 Å². The summed E-state index contributed by atoms with van der Waals surface area (Å²) in [5.41, 5.74) is 0.727. The van der Waals surface area contributed by atoms with E-state index in [2.05, 4.69) is 4.98 Å². The molecule has 0 spiro atoms. The molecular formula is C5H5B2NO2. The quantitative estimate of drug-likeness (QED) is 0.418. The van der Waals surface area contributed by atoms with Crippen molar-refractivity contribution in [1.82, 2.24) is 4.98 Å². The molecular weight excluding hydrogens is 128 g/mol. The minimum absolute atomic E-state index is 0.306. The molecule has 48 valence electrons. The predicted octanol–water partition coefficient (Wildman–Crippen LogP) is -2.44. The first-order valence-corrected chi connectivity index (χ1v) is 2.76. The first kappa shape index (κ1) is 7.31. The molecule has 0 unspecified atom stereocenters. The number of hydrogen-bond acceptors (Lipinski definition) is 3. The molecule has 0 fully saturated rings. The van der Waals surface area contributed by atoms with E-state index in [-0.39, 0.29) is 0 Å². The van der Waals surface area contributed by atoms with Crippen molar-refractivity contribution in [3.05, 3.63) is 18.5 Å². The summed E-state index contributed by atoms with van der Waals surface area (Å²) < 4.78 is 0. The molecule has 0 aromatic carbocycles. The normalized spacial score (nSPS) is 9.40. The highest BCUT2D eigenvalue weighted by Gasteiger charge is 2.09. The van der Waals surface area contributed by atoms with Gasteiger partial charge in [0, 0.05) is 12.4 Å². The zero-order chi connectivity index (χ0) is 7.56. The lowest BCUT2D eigenvalue weighted by Crippen LogP contribution is -2.32. The summed E-state index contributed by atoms with van der Waals surface area (Å²) in [6.45, 7) is 0. The Labute approximate surface area is 60.3 Å². The van der Waals surface area contributed by atoms with Gasteiger partial charge in [0.1, 0.15) is 7.85 Å². The molecule has 0 aliphatic carbocycles. The van der Waals surface area contributed by atoms with Crippen LogP contribution in [0.3, 0.4) is 0 Å². The number of aromatic nitrogens is 1. The Morgan fingerprint density at radius 1 is 1.40 bits per heavy atom. The van der Waals surface area contributed by atoms with Crippen molar-refractivity contribution in [1.29, 1.82) is 0 Å². The summed E-state index contributed by atoms with van der Waals surface area (Å²) in [4.78, 5) is 3.66. The lowest BCUT2D eigenvalue weighted by molar-refractivity contribution is 0.425. The van der Waals surface area contributed by atoms with Crippen molar-refractivity contribution in [2.75, 3.05) is 0 Å². The van der Waals surface area contributed by atoms with Crippen LogP contribution in [0.4, 0.5) is 0 Å². The van der Waals surface area contributed by atoms with Gasteiger partial charge in [-0.1, -0.05) is 11.5 Å². The van der Waals surface area contributed by atoms with Crippen molar-refractivity contribution in [3.8, 4) is 0 Å². The second-order valence-electron chi connectivity index (χ2n) is 1.93. The Balaban J connectivity index is 2.96. The predicted molar refractivity (Wildman–Crippen MR) is 39.5 cm³/mol. The van der Waals surface area contributed by atoms with Crippen LogP contribution in [-0.4, -0.2) is 30.0 Å². The van der Waals surface area contributed by atoms with E-state index in [9.17, 15) is 0 Å². The lowest BCUT2D eigenvalue weighted by atomic mass is 9.79. The molecule has 0 saturated carbocycles. The van der Waals surface area contributed by atoms with Crippen LogP contribution in [-0.2, 0) is 0 Å². The Bertz CT molecular complexity index is 229. The van der Waals surface area contributed by atoms with E-state index in [0.717, 1.165) is 0 Å². The summed E-state index contributed by atoms with van der Waals surface area (Å²) in [6, 6.07) is 1.46. The maximum atomic E-state index is 8.61. The van der Waals surface area contributed by atoms with Crippen molar-refractivity contribution >= 4 is 25.9 Å². The maximum Gasteiger partial charge on any atom is 0.489 e. The number of pyridine rings is 1. The molecule has 1 heterocycles. The molecule has 3 nitrogen and oxygen atoms in total. The SMILES string of the molecule is [B]c1cncc(B(O)O)c1. The molecule has 10 heavy (non-hydrogen) atoms. The molecule has 0 aliphatic heterocycles. The molecule has 5 heteroatoms. The Kier molecular flexibility index (Phi) is 2.09. The highest BCUT2D eigenvalue weighted by molar-refractivity contribution is 6.59. The van der Waals surface area contributed by atoms with E-state index in [4.69, 9.17) is 17.9 Å². The van der Waals surface area contributed by atoms with Gasteiger partial charge in [0.15, 0.2) is 0 Å². The van der Waals surface area contributed by atoms with Crippen LogP contribution in [0.2, 0.25) is 0 Å². The minimum atomic E-state index is -1.49. The minimum Gasteiger partial charge on any atom is -0.423 e. The molecule has 1 aromatic heterocycles. The summed E-state index contributed by atoms with van der Waals surface area (Å²) >= 11 is 0. The van der Waals surface area contributed by atoms with Crippen LogP contribution in [0.1, 0.15) is 0 Å². The van der Waals surface area contributed by atoms with Crippen molar-refractivity contribution in [2.24, 2.45) is 0 Å². The highest BCUT2D eigenvalue weighted by Crippen LogP contribution is 1.74. The molecule has 0 bridgehead atoms. The van der Waals surface area contributed by atoms with E-state index in [1.54, 1.807) is 0 Å². The van der Waals surface area contributed by atoms with Crippen LogP contribution >= 0.6 is 0 Å². The van der Waals surface area contributed by atoms with Gasteiger partial charge in [0.2, 0.25) is 0 Å². The molecule has 1 rings (SSSR count). The van der Waals surface area contributed by atoms with Gasteiger partial charge in [-0.15, -0.1) is 0 Å². The van der Waals surface area contributed by atoms with Crippen LogP contribution in [0, 0.1) is 0 Å². The average molecular weight is 133 g/mol. The largest absolute Gasteiger partial charge is 0.489 e. The first-order chi connectivity index (χ1) is 4.70. The van der Waals surface area contributed by atoms with Gasteiger partial charge in [-0.2, -0.15) is 0 Å². The van der Waals surface area contributed by atoms with Crippen molar-refractivity contribution in [2.45, 2.75) is 0 Å². The van der Waals surface area contributed by atoms with Gasteiger partial charge < -0.3 is 10.0 Å². The summed E-state index contributed by atoms with van der Waals surface area (Å²) in [7, 11) is 3.82. The summed E-state index contributed by atoms with van der Waals surface area (Å²) in [5.74, 6) is 0. The number of rotatable bonds is 1. The van der Waals surface area contributed by atoms with E-state index in [1.807, 2.05) is 0 Å². The zero-order valence-electron chi connectivity index (χ0n) is 5.23. The van der Waals surface area contributed by atoms with Gasteiger partial charge in [0.05, 0.1) is 0 Å². The molecule has 1 aromatic rings. The monoisotopic (exact) mass is 133 g/mol. The second-order valence-corrected chi connectivity index (χ2v) is 1.93. The smallest absolute Gasteiger partial charge is 0.423 e. The van der Waals surface area contributed by atoms with Crippen molar-refractivity contribution < 1.29 is 10.0 Å². The Morgan fingerprint density at radius 2 is 2.10 bits per heavy atom. The number of nitrogens with zero attached hydrogens (tertiary/aromatic N) is 1. The van der Waals surface area contributed by atoms with Crippen molar-refractivity contribution in [3.63, 3.8) is 0 Å². The maximum absolute atomic E-state index is 8.61. The fourth-order valence-corrected chi connectivity index (χ4v) is 0.618. The third kappa shape index (κ3) is 1.59. The van der Waals surface area contributed by atoms with Crippen LogP contribution < -0.4 is 10.9 Å². The standard InChI is InChI=1S/C5H5B2NO2/c6-4-1-5(7(9)10)3-8-2-4/h1-3,9-10H. The second kappa shape index (κ2) is 2.86. The highest BCUT2D eigenvalue weighted by atomic mass is 16.4. The third-order valence-corrected chi connectivity index (χ3v) is 1.08. The summed E-state index contributed by atoms with van der Waals surface area (Å²) in [6.07, 6.45) is 2.78. The van der Waals surface area contributed by atoms with Gasteiger partial charge in [0.25, 0.3) is 0 Å². The van der Waals surface area contributed by atoms with Gasteiger partial charge in [-0.05, 0) is 5.46 Å². The first-order valence-electron chi connectivity index (χ1n) is 2.76. The van der Waals surface area contributed by atoms with E-state index in [1.165, 1.54) is 18.5 Å². The Hall–Kier alpha value is -0.800. The fraction of sp³-hybridized carbons (Fsp3) is 0. The topological polar surface area (TPSA) is 53.4 Å². The van der Waals surface area contributed by atoms with Gasteiger partial charge in [-0.25, -0.2) is 0 Å². The molecule has 0 amide bonds. The van der Waals surface area contributed by atoms with Gasteiger partial charge >= 0.3 is 7.12 Å². The van der Waals surface area contributed by atoms with Crippen LogP contribution in [0.25, 0.3) is 0 Å². The van der Waals surface area contributed by atoms with E-state index in [0.29, 0.717) is 10.9 Å². The lowest BCUT2D eigenvalue weighted by Gasteiger charge is -1.97. The Morgan fingerprint density at radius 3 is 2.50 bits per heavy atom. The number of hydrogen-bond donors (Lipinski definition) is 2. The zero-order valence-corrected chi connectivity index (χ0v) is 5.23. The van der Waals surface area contributed by atoms with E-state index >= 15 is 0 Å². The molecule has 0 atom stereocenters. The molecule has 2 N–H and O–H groups in total.